The first kappa shape index (κ1) is 53.6. The number of unbranched alkanes of at least 4 members (excludes halogenated alkanes) is 12. The van der Waals surface area contributed by atoms with E-state index >= 15 is 0 Å². The van der Waals surface area contributed by atoms with Crippen molar-refractivity contribution in [2.75, 3.05) is 137 Å². The maximum Gasteiger partial charge on any atom is 0.305 e. The quantitative estimate of drug-likeness (QED) is 0.0523. The van der Waals surface area contributed by atoms with E-state index in [0.29, 0.717) is 138 Å². The highest BCUT2D eigenvalue weighted by molar-refractivity contribution is 5.88. The molecule has 0 saturated heterocycles. The van der Waals surface area contributed by atoms with Crippen LogP contribution in [0.15, 0.2) is 24.3 Å². The van der Waals surface area contributed by atoms with E-state index in [1.165, 1.54) is 77.6 Å². The monoisotopic (exact) mass is 830 g/mol. The Morgan fingerprint density at radius 2 is 0.724 bits per heavy atom. The molecule has 0 aliphatic carbocycles. The molecule has 14 nitrogen and oxygen atoms in total. The maximum atomic E-state index is 11.9. The molecule has 1 aromatic carbocycles. The number of carbonyl (C=O) groups excluding carboxylic acids is 2. The molecule has 58 heavy (non-hydrogen) atoms. The lowest BCUT2D eigenvalue weighted by atomic mass is 10.0. The van der Waals surface area contributed by atoms with Gasteiger partial charge in [0.1, 0.15) is 19.0 Å². The molecule has 338 valence electrons. The summed E-state index contributed by atoms with van der Waals surface area (Å²) in [6, 6.07) is 7.18. The minimum atomic E-state index is -0.135. The Kier molecular flexibility index (Phi) is 40.8. The van der Waals surface area contributed by atoms with Crippen LogP contribution in [0.2, 0.25) is 0 Å². The van der Waals surface area contributed by atoms with Crippen molar-refractivity contribution < 1.29 is 61.7 Å². The largest absolute Gasteiger partial charge is 0.491 e. The molecular formula is C44H79NO13. The number of amides is 1. The van der Waals surface area contributed by atoms with Crippen molar-refractivity contribution in [2.24, 2.45) is 0 Å². The number of hydrogen-bond acceptors (Lipinski definition) is 13. The molecule has 0 atom stereocenters. The number of rotatable bonds is 46. The van der Waals surface area contributed by atoms with Gasteiger partial charge in [-0.3, -0.25) is 9.59 Å². The van der Waals surface area contributed by atoms with Crippen LogP contribution >= 0.6 is 0 Å². The van der Waals surface area contributed by atoms with Gasteiger partial charge in [-0.15, -0.1) is 0 Å². The number of benzene rings is 1. The fourth-order valence-corrected chi connectivity index (χ4v) is 5.49. The minimum Gasteiger partial charge on any atom is -0.491 e. The zero-order valence-corrected chi connectivity index (χ0v) is 36.2. The summed E-state index contributed by atoms with van der Waals surface area (Å²) < 4.78 is 60.3. The van der Waals surface area contributed by atoms with Gasteiger partial charge in [0.2, 0.25) is 5.91 Å². The van der Waals surface area contributed by atoms with E-state index in [1.807, 2.05) is 0 Å². The molecule has 0 heterocycles. The van der Waals surface area contributed by atoms with Crippen LogP contribution in [0.3, 0.4) is 0 Å². The minimum absolute atomic E-state index is 0.109. The third-order valence-corrected chi connectivity index (χ3v) is 8.62. The van der Waals surface area contributed by atoms with Crippen molar-refractivity contribution in [2.45, 2.75) is 104 Å². The summed E-state index contributed by atoms with van der Waals surface area (Å²) in [7, 11) is 0. The average Bonchev–Trinajstić information content (AvgIpc) is 3.22. The average molecular weight is 830 g/mol. The molecular weight excluding hydrogens is 750 g/mol. The molecule has 1 N–H and O–H groups in total. The van der Waals surface area contributed by atoms with Crippen LogP contribution in [0, 0.1) is 0 Å². The molecule has 0 saturated carbocycles. The fourth-order valence-electron chi connectivity index (χ4n) is 5.49. The van der Waals surface area contributed by atoms with Gasteiger partial charge in [0.05, 0.1) is 119 Å². The molecule has 0 aromatic heterocycles. The van der Waals surface area contributed by atoms with Crippen LogP contribution in [0.5, 0.6) is 5.75 Å². The number of carbonyl (C=O) groups is 2. The van der Waals surface area contributed by atoms with E-state index in [-0.39, 0.29) is 18.5 Å². The fraction of sp³-hybridized carbons (Fsp3) is 0.818. The number of nitrogens with one attached hydrogen (secondary N) is 1. The highest BCUT2D eigenvalue weighted by Crippen LogP contribution is 2.16. The number of hydrogen-bond donors (Lipinski definition) is 1. The van der Waals surface area contributed by atoms with Gasteiger partial charge in [0.15, 0.2) is 0 Å². The van der Waals surface area contributed by atoms with Gasteiger partial charge in [-0.2, -0.15) is 0 Å². The third kappa shape index (κ3) is 40.4. The van der Waals surface area contributed by atoms with Crippen molar-refractivity contribution in [1.82, 2.24) is 0 Å². The Bertz CT molecular complexity index is 1020. The molecule has 0 fully saturated rings. The van der Waals surface area contributed by atoms with Crippen molar-refractivity contribution in [3.8, 4) is 5.75 Å². The van der Waals surface area contributed by atoms with Gasteiger partial charge in [-0.05, 0) is 30.7 Å². The van der Waals surface area contributed by atoms with Crippen LogP contribution in [0.1, 0.15) is 104 Å². The molecule has 1 aromatic rings. The first-order chi connectivity index (χ1) is 28.6. The van der Waals surface area contributed by atoms with Crippen LogP contribution in [-0.2, 0) is 57.0 Å². The Hall–Kier alpha value is -2.40. The second kappa shape index (κ2) is 44.2. The Morgan fingerprint density at radius 1 is 0.414 bits per heavy atom. The molecule has 0 aliphatic heterocycles. The van der Waals surface area contributed by atoms with E-state index < -0.39 is 0 Å². The molecule has 0 aliphatic rings. The molecule has 1 amide bonds. The molecule has 0 spiro atoms. The molecule has 14 heteroatoms. The zero-order chi connectivity index (χ0) is 41.7. The summed E-state index contributed by atoms with van der Waals surface area (Å²) in [6.07, 6.45) is 17.3. The van der Waals surface area contributed by atoms with Gasteiger partial charge in [0.25, 0.3) is 0 Å². The van der Waals surface area contributed by atoms with E-state index in [2.05, 4.69) is 12.2 Å². The van der Waals surface area contributed by atoms with E-state index in [1.54, 1.807) is 24.3 Å². The topological polar surface area (TPSA) is 148 Å². The predicted molar refractivity (Wildman–Crippen MR) is 225 cm³/mol. The van der Waals surface area contributed by atoms with Gasteiger partial charge in [-0.25, -0.2) is 0 Å². The lowest BCUT2D eigenvalue weighted by Crippen LogP contribution is -2.15. The first-order valence-corrected chi connectivity index (χ1v) is 22.0. The van der Waals surface area contributed by atoms with Gasteiger partial charge >= 0.3 is 5.97 Å². The van der Waals surface area contributed by atoms with Gasteiger partial charge in [0, 0.05) is 19.0 Å². The summed E-state index contributed by atoms with van der Waals surface area (Å²) in [5, 5.41) is 2.71. The van der Waals surface area contributed by atoms with Gasteiger partial charge in [-0.1, -0.05) is 84.0 Å². The highest BCUT2D eigenvalue weighted by Gasteiger charge is 2.03. The summed E-state index contributed by atoms with van der Waals surface area (Å²) in [6.45, 7) is 13.0. The summed E-state index contributed by atoms with van der Waals surface area (Å²) in [4.78, 5) is 22.9. The summed E-state index contributed by atoms with van der Waals surface area (Å²) in [5.41, 5.74) is 0.730. The van der Waals surface area contributed by atoms with Gasteiger partial charge < -0.3 is 57.4 Å². The SMILES string of the molecule is CCCCCCCCCCCCCCCC(=O)OCCOCCOCCOCCOCCOCCOCCOCCOCCOCCOc1ccc(NC(C)=O)cc1. The Morgan fingerprint density at radius 3 is 1.07 bits per heavy atom. The van der Waals surface area contributed by atoms with E-state index in [0.717, 1.165) is 18.5 Å². The second-order valence-corrected chi connectivity index (χ2v) is 13.8. The summed E-state index contributed by atoms with van der Waals surface area (Å²) in [5.74, 6) is 0.471. The second-order valence-electron chi connectivity index (χ2n) is 13.8. The van der Waals surface area contributed by atoms with Crippen LogP contribution in [0.4, 0.5) is 5.69 Å². The van der Waals surface area contributed by atoms with Crippen LogP contribution in [0.25, 0.3) is 0 Å². The molecule has 0 radical (unpaired) electrons. The number of anilines is 1. The van der Waals surface area contributed by atoms with Crippen LogP contribution in [-0.4, -0.2) is 144 Å². The smallest absolute Gasteiger partial charge is 0.305 e. The third-order valence-electron chi connectivity index (χ3n) is 8.62. The number of esters is 1. The maximum absolute atomic E-state index is 11.9. The van der Waals surface area contributed by atoms with E-state index in [9.17, 15) is 9.59 Å². The highest BCUT2D eigenvalue weighted by atomic mass is 16.6. The summed E-state index contributed by atoms with van der Waals surface area (Å²) >= 11 is 0. The Labute approximate surface area is 349 Å². The Balaban J connectivity index is 1.66. The standard InChI is InChI=1S/C44H79NO13/c1-3-4-5-6-7-8-9-10-11-12-13-14-15-16-44(47)58-40-38-56-36-34-54-32-30-52-28-26-50-24-22-48-21-23-49-25-27-51-29-31-53-33-35-55-37-39-57-43-19-17-42(18-20-43)45-41(2)46/h17-20H,3-16,21-40H2,1-2H3,(H,45,46). The van der Waals surface area contributed by atoms with Crippen molar-refractivity contribution >= 4 is 17.6 Å². The number of ether oxygens (including phenoxy) is 11. The first-order valence-electron chi connectivity index (χ1n) is 22.0. The lowest BCUT2D eigenvalue weighted by molar-refractivity contribution is -0.145. The molecule has 0 bridgehead atoms. The zero-order valence-electron chi connectivity index (χ0n) is 36.2. The normalized spacial score (nSPS) is 11.3. The lowest BCUT2D eigenvalue weighted by Gasteiger charge is -2.09. The van der Waals surface area contributed by atoms with E-state index in [4.69, 9.17) is 52.1 Å². The predicted octanol–water partition coefficient (Wildman–Crippen LogP) is 7.20. The van der Waals surface area contributed by atoms with Crippen molar-refractivity contribution in [3.63, 3.8) is 0 Å². The van der Waals surface area contributed by atoms with Crippen molar-refractivity contribution in [3.05, 3.63) is 24.3 Å². The molecule has 0 unspecified atom stereocenters. The molecule has 1 rings (SSSR count). The van der Waals surface area contributed by atoms with Crippen molar-refractivity contribution in [1.29, 1.82) is 0 Å². The van der Waals surface area contributed by atoms with Crippen LogP contribution < -0.4 is 10.1 Å².